The summed E-state index contributed by atoms with van der Waals surface area (Å²) >= 11 is 0. The van der Waals surface area contributed by atoms with E-state index < -0.39 is 22.1 Å². The van der Waals surface area contributed by atoms with E-state index in [0.717, 1.165) is 11.8 Å². The summed E-state index contributed by atoms with van der Waals surface area (Å²) in [6.45, 7) is 0.444. The van der Waals surface area contributed by atoms with Crippen LogP contribution in [0.15, 0.2) is 42.5 Å². The Morgan fingerprint density at radius 3 is 2.38 bits per heavy atom. The predicted octanol–water partition coefficient (Wildman–Crippen LogP) is 1.50. The lowest BCUT2D eigenvalue weighted by Crippen LogP contribution is -2.52. The second kappa shape index (κ2) is 8.71. The summed E-state index contributed by atoms with van der Waals surface area (Å²) in [6, 6.07) is 11.7. The van der Waals surface area contributed by atoms with Gasteiger partial charge in [-0.05, 0) is 29.7 Å². The van der Waals surface area contributed by atoms with Gasteiger partial charge in [0.05, 0.1) is 19.4 Å². The Kier molecular flexibility index (Phi) is 5.98. The number of benzene rings is 2. The molecule has 0 aliphatic carbocycles. The summed E-state index contributed by atoms with van der Waals surface area (Å²) in [7, 11) is -3.51. The molecule has 2 aliphatic rings. The SMILES string of the molecule is CS(=O)(=O)OCc1ccc(COc2cccc3c2CN(C2CCC(=O)NC2=O)C3=O)cc1. The first-order chi connectivity index (χ1) is 15.2. The molecule has 1 unspecified atom stereocenters. The highest BCUT2D eigenvalue weighted by Crippen LogP contribution is 2.33. The fourth-order valence-electron chi connectivity index (χ4n) is 3.76. The van der Waals surface area contributed by atoms with Gasteiger partial charge >= 0.3 is 0 Å². The van der Waals surface area contributed by atoms with Crippen molar-refractivity contribution in [1.82, 2.24) is 10.2 Å². The van der Waals surface area contributed by atoms with Gasteiger partial charge in [-0.1, -0.05) is 30.3 Å². The van der Waals surface area contributed by atoms with Crippen LogP contribution in [0.1, 0.15) is 39.9 Å². The van der Waals surface area contributed by atoms with Crippen LogP contribution in [0.2, 0.25) is 0 Å². The van der Waals surface area contributed by atoms with Gasteiger partial charge < -0.3 is 9.64 Å². The zero-order valence-corrected chi connectivity index (χ0v) is 18.2. The summed E-state index contributed by atoms with van der Waals surface area (Å²) in [5, 5.41) is 2.29. The minimum Gasteiger partial charge on any atom is -0.489 e. The van der Waals surface area contributed by atoms with Gasteiger partial charge in [-0.25, -0.2) is 0 Å². The van der Waals surface area contributed by atoms with Crippen molar-refractivity contribution >= 4 is 27.8 Å². The lowest BCUT2D eigenvalue weighted by atomic mass is 10.0. The van der Waals surface area contributed by atoms with Gasteiger partial charge in [0.25, 0.3) is 16.0 Å². The number of carbonyl (C=O) groups excluding carboxylic acids is 3. The zero-order chi connectivity index (χ0) is 22.9. The van der Waals surface area contributed by atoms with Crippen molar-refractivity contribution in [3.05, 3.63) is 64.7 Å². The highest BCUT2D eigenvalue weighted by atomic mass is 32.2. The molecule has 1 atom stereocenters. The minimum atomic E-state index is -3.51. The Bertz CT molecular complexity index is 1180. The number of nitrogens with one attached hydrogen (secondary N) is 1. The normalized spacial score (nSPS) is 18.5. The van der Waals surface area contributed by atoms with E-state index in [9.17, 15) is 22.8 Å². The molecular formula is C22H22N2O7S. The fourth-order valence-corrected chi connectivity index (χ4v) is 4.11. The van der Waals surface area contributed by atoms with Crippen molar-refractivity contribution < 1.29 is 31.7 Å². The van der Waals surface area contributed by atoms with Crippen molar-refractivity contribution in [2.75, 3.05) is 6.26 Å². The molecule has 2 aromatic carbocycles. The largest absolute Gasteiger partial charge is 0.489 e. The summed E-state index contributed by atoms with van der Waals surface area (Å²) in [5.41, 5.74) is 2.77. The number of imide groups is 1. The molecule has 3 amide bonds. The molecule has 1 fully saturated rings. The molecular weight excluding hydrogens is 436 g/mol. The molecule has 10 heteroatoms. The number of piperidine rings is 1. The van der Waals surface area contributed by atoms with Gasteiger partial charge in [0, 0.05) is 17.5 Å². The Morgan fingerprint density at radius 2 is 1.72 bits per heavy atom. The molecule has 168 valence electrons. The van der Waals surface area contributed by atoms with E-state index in [1.807, 2.05) is 12.1 Å². The van der Waals surface area contributed by atoms with Crippen LogP contribution in [0.3, 0.4) is 0 Å². The van der Waals surface area contributed by atoms with Crippen LogP contribution >= 0.6 is 0 Å². The average Bonchev–Trinajstić information content (AvgIpc) is 3.08. The van der Waals surface area contributed by atoms with Crippen LogP contribution in [-0.2, 0) is 43.6 Å². The molecule has 0 spiro atoms. The molecule has 1 saturated heterocycles. The van der Waals surface area contributed by atoms with Crippen LogP contribution in [-0.4, -0.2) is 43.3 Å². The van der Waals surface area contributed by atoms with Gasteiger partial charge in [0.15, 0.2) is 0 Å². The van der Waals surface area contributed by atoms with Crippen molar-refractivity contribution in [3.63, 3.8) is 0 Å². The van der Waals surface area contributed by atoms with Crippen molar-refractivity contribution in [3.8, 4) is 5.75 Å². The van der Waals surface area contributed by atoms with Gasteiger partial charge in [-0.3, -0.25) is 23.9 Å². The molecule has 0 aromatic heterocycles. The van der Waals surface area contributed by atoms with Crippen molar-refractivity contribution in [2.45, 2.75) is 38.6 Å². The quantitative estimate of drug-likeness (QED) is 0.493. The monoisotopic (exact) mass is 458 g/mol. The molecule has 4 rings (SSSR count). The van der Waals surface area contributed by atoms with E-state index in [1.165, 1.54) is 4.90 Å². The number of rotatable bonds is 7. The van der Waals surface area contributed by atoms with E-state index in [0.29, 0.717) is 28.9 Å². The second-order valence-electron chi connectivity index (χ2n) is 7.75. The molecule has 2 heterocycles. The molecule has 2 aromatic rings. The standard InChI is InChI=1S/C22H22N2O7S/c1-32(28,29)31-13-15-7-5-14(6-8-15)12-30-19-4-2-3-16-17(19)11-24(22(16)27)18-9-10-20(25)23-21(18)26/h2-8,18H,9-13H2,1H3,(H,23,25,26). The van der Waals surface area contributed by atoms with E-state index in [4.69, 9.17) is 8.92 Å². The number of ether oxygens (including phenoxy) is 1. The van der Waals surface area contributed by atoms with Crippen LogP contribution in [0.4, 0.5) is 0 Å². The highest BCUT2D eigenvalue weighted by Gasteiger charge is 2.40. The third-order valence-electron chi connectivity index (χ3n) is 5.40. The Morgan fingerprint density at radius 1 is 1.03 bits per heavy atom. The molecule has 32 heavy (non-hydrogen) atoms. The van der Waals surface area contributed by atoms with Crippen molar-refractivity contribution in [1.29, 1.82) is 0 Å². The fraction of sp³-hybridized carbons (Fsp3) is 0.318. The van der Waals surface area contributed by atoms with E-state index in [2.05, 4.69) is 5.32 Å². The van der Waals surface area contributed by atoms with Crippen LogP contribution in [0, 0.1) is 0 Å². The van der Waals surface area contributed by atoms with Crippen LogP contribution in [0.5, 0.6) is 5.75 Å². The summed E-state index contributed by atoms with van der Waals surface area (Å²) in [4.78, 5) is 38.0. The first-order valence-electron chi connectivity index (χ1n) is 10.0. The van der Waals surface area contributed by atoms with Gasteiger partial charge in [-0.15, -0.1) is 0 Å². The minimum absolute atomic E-state index is 0.0373. The summed E-state index contributed by atoms with van der Waals surface area (Å²) < 4.78 is 32.9. The smallest absolute Gasteiger partial charge is 0.264 e. The average molecular weight is 458 g/mol. The van der Waals surface area contributed by atoms with Gasteiger partial charge in [0.2, 0.25) is 11.8 Å². The Balaban J connectivity index is 1.43. The van der Waals surface area contributed by atoms with E-state index in [1.54, 1.807) is 30.3 Å². The number of fused-ring (bicyclic) bond motifs is 1. The molecule has 1 N–H and O–H groups in total. The Labute approximate surface area is 185 Å². The molecule has 0 bridgehead atoms. The maximum absolute atomic E-state index is 12.9. The third kappa shape index (κ3) is 4.81. The molecule has 0 saturated carbocycles. The Hall–Kier alpha value is -3.24. The number of carbonyl (C=O) groups is 3. The maximum atomic E-state index is 12.9. The summed E-state index contributed by atoms with van der Waals surface area (Å²) in [6.07, 6.45) is 1.50. The molecule has 0 radical (unpaired) electrons. The molecule has 9 nitrogen and oxygen atoms in total. The van der Waals surface area contributed by atoms with Crippen LogP contribution < -0.4 is 10.1 Å². The topological polar surface area (TPSA) is 119 Å². The van der Waals surface area contributed by atoms with E-state index >= 15 is 0 Å². The lowest BCUT2D eigenvalue weighted by Gasteiger charge is -2.29. The number of nitrogens with zero attached hydrogens (tertiary/aromatic N) is 1. The molecule has 2 aliphatic heterocycles. The third-order valence-corrected chi connectivity index (χ3v) is 5.94. The summed E-state index contributed by atoms with van der Waals surface area (Å²) in [5.74, 6) is -0.483. The first kappa shape index (κ1) is 22.0. The van der Waals surface area contributed by atoms with Crippen molar-refractivity contribution in [2.24, 2.45) is 0 Å². The van der Waals surface area contributed by atoms with E-state index in [-0.39, 0.29) is 38.0 Å². The highest BCUT2D eigenvalue weighted by molar-refractivity contribution is 7.85. The second-order valence-corrected chi connectivity index (χ2v) is 9.40. The number of hydrogen-bond donors (Lipinski definition) is 1. The number of amides is 3. The van der Waals surface area contributed by atoms with Gasteiger partial charge in [-0.2, -0.15) is 8.42 Å². The maximum Gasteiger partial charge on any atom is 0.264 e. The lowest BCUT2D eigenvalue weighted by molar-refractivity contribution is -0.136. The zero-order valence-electron chi connectivity index (χ0n) is 17.4. The van der Waals surface area contributed by atoms with Crippen LogP contribution in [0.25, 0.3) is 0 Å². The predicted molar refractivity (Wildman–Crippen MR) is 113 cm³/mol. The van der Waals surface area contributed by atoms with Gasteiger partial charge in [0.1, 0.15) is 18.4 Å². The number of hydrogen-bond acceptors (Lipinski definition) is 7. The first-order valence-corrected chi connectivity index (χ1v) is 11.8.